The second kappa shape index (κ2) is 4.24. The Morgan fingerprint density at radius 1 is 1.44 bits per heavy atom. The third-order valence-electron chi connectivity index (χ3n) is 2.62. The molecule has 1 aliphatic heterocycles. The molecule has 1 heterocycles. The summed E-state index contributed by atoms with van der Waals surface area (Å²) in [6.07, 6.45) is -3.38. The number of esters is 1. The van der Waals surface area contributed by atoms with Crippen LogP contribution in [-0.4, -0.2) is 50.3 Å². The third kappa shape index (κ3) is 2.45. The molecular weight excluding hydrogens is 242 g/mol. The first-order valence-corrected chi connectivity index (χ1v) is 5.47. The average Bonchev–Trinajstić information content (AvgIpc) is 2.35. The number of aliphatic hydroxyl groups is 1. The van der Waals surface area contributed by atoms with Gasteiger partial charge in [0.25, 0.3) is 5.91 Å². The van der Waals surface area contributed by atoms with Gasteiger partial charge < -0.3 is 14.9 Å². The van der Waals surface area contributed by atoms with Gasteiger partial charge in [0.1, 0.15) is 11.7 Å². The molecule has 0 unspecified atom stereocenters. The largest absolute Gasteiger partial charge is 0.465 e. The van der Waals surface area contributed by atoms with Gasteiger partial charge in [0.15, 0.2) is 5.54 Å². The quantitative estimate of drug-likeness (QED) is 0.659. The lowest BCUT2D eigenvalue weighted by Crippen LogP contribution is -2.54. The summed E-state index contributed by atoms with van der Waals surface area (Å²) in [4.78, 5) is 34.9. The summed E-state index contributed by atoms with van der Waals surface area (Å²) < 4.78 is 5.09. The highest BCUT2D eigenvalue weighted by Gasteiger charge is 2.57. The molecular formula is C11H17NO6. The Morgan fingerprint density at radius 2 is 1.94 bits per heavy atom. The summed E-state index contributed by atoms with van der Waals surface area (Å²) in [6, 6.07) is 0. The van der Waals surface area contributed by atoms with Gasteiger partial charge in [-0.25, -0.2) is 14.5 Å². The zero-order valence-corrected chi connectivity index (χ0v) is 10.8. The fourth-order valence-corrected chi connectivity index (χ4v) is 1.82. The summed E-state index contributed by atoms with van der Waals surface area (Å²) in [5.74, 6) is -1.85. The lowest BCUT2D eigenvalue weighted by molar-refractivity contribution is -0.167. The molecule has 2 N–H and O–H groups in total. The average molecular weight is 259 g/mol. The van der Waals surface area contributed by atoms with E-state index in [4.69, 9.17) is 9.84 Å². The number of amides is 2. The van der Waals surface area contributed by atoms with Crippen LogP contribution < -0.4 is 0 Å². The molecule has 0 aliphatic carbocycles. The fraction of sp³-hybridized carbons (Fsp3) is 0.727. The molecule has 0 aromatic carbocycles. The Labute approximate surface area is 104 Å². The first-order valence-electron chi connectivity index (χ1n) is 5.47. The number of ether oxygens (including phenoxy) is 1. The number of imide groups is 1. The van der Waals surface area contributed by atoms with Crippen molar-refractivity contribution in [1.82, 2.24) is 4.90 Å². The molecule has 0 aromatic heterocycles. The summed E-state index contributed by atoms with van der Waals surface area (Å²) in [5.41, 5.74) is -2.49. The highest BCUT2D eigenvalue weighted by molar-refractivity contribution is 6.03. The van der Waals surface area contributed by atoms with Crippen LogP contribution >= 0.6 is 0 Å². The zero-order valence-electron chi connectivity index (χ0n) is 10.8. The molecule has 0 aromatic rings. The minimum Gasteiger partial charge on any atom is -0.465 e. The molecule has 2 atom stereocenters. The van der Waals surface area contributed by atoms with Crippen molar-refractivity contribution < 1.29 is 29.3 Å². The number of rotatable bonds is 1. The van der Waals surface area contributed by atoms with Gasteiger partial charge in [-0.1, -0.05) is 0 Å². The lowest BCUT2D eigenvalue weighted by atomic mass is 9.98. The smallest absolute Gasteiger partial charge is 0.415 e. The van der Waals surface area contributed by atoms with Crippen LogP contribution in [0.15, 0.2) is 0 Å². The van der Waals surface area contributed by atoms with Crippen LogP contribution in [-0.2, 0) is 14.3 Å². The van der Waals surface area contributed by atoms with Crippen molar-refractivity contribution in [3.05, 3.63) is 0 Å². The number of hydrogen-bond acceptors (Lipinski definition) is 5. The Hall–Kier alpha value is -1.63. The SMILES string of the molecule is CC(C)(C)OC(=O)[C@@]1(C)C[C@@H](O)C(=O)N1C(=O)O. The van der Waals surface area contributed by atoms with Crippen LogP contribution in [0.5, 0.6) is 0 Å². The Balaban J connectivity index is 3.07. The molecule has 7 nitrogen and oxygen atoms in total. The van der Waals surface area contributed by atoms with Crippen LogP contribution in [0, 0.1) is 0 Å². The number of likely N-dealkylation sites (tertiary alicyclic amines) is 1. The zero-order chi connectivity index (χ0) is 14.3. The van der Waals surface area contributed by atoms with E-state index in [-0.39, 0.29) is 6.42 Å². The molecule has 0 radical (unpaired) electrons. The predicted octanol–water partition coefficient (Wildman–Crippen LogP) is 0.358. The van der Waals surface area contributed by atoms with E-state index >= 15 is 0 Å². The second-order valence-electron chi connectivity index (χ2n) is 5.45. The van der Waals surface area contributed by atoms with Gasteiger partial charge in [0, 0.05) is 6.42 Å². The number of carbonyl (C=O) groups is 3. The summed E-state index contributed by atoms with van der Waals surface area (Å²) >= 11 is 0. The van der Waals surface area contributed by atoms with Gasteiger partial charge >= 0.3 is 12.1 Å². The molecule has 102 valence electrons. The van der Waals surface area contributed by atoms with E-state index in [1.165, 1.54) is 6.92 Å². The number of carbonyl (C=O) groups excluding carboxylic acids is 2. The highest BCUT2D eigenvalue weighted by Crippen LogP contribution is 2.32. The molecule has 0 bridgehead atoms. The standard InChI is InChI=1S/C11H17NO6/c1-10(2,3)18-8(15)11(4)5-6(13)7(14)12(11)9(16)17/h6,13H,5H2,1-4H3,(H,16,17)/t6-,11-/m1/s1. The maximum atomic E-state index is 12.0. The van der Waals surface area contributed by atoms with E-state index in [1.54, 1.807) is 20.8 Å². The van der Waals surface area contributed by atoms with E-state index in [1.807, 2.05) is 0 Å². The van der Waals surface area contributed by atoms with Crippen molar-refractivity contribution >= 4 is 18.0 Å². The molecule has 7 heteroatoms. The maximum absolute atomic E-state index is 12.0. The normalized spacial score (nSPS) is 28.4. The molecule has 2 amide bonds. The van der Waals surface area contributed by atoms with Gasteiger partial charge in [-0.3, -0.25) is 4.79 Å². The van der Waals surface area contributed by atoms with Gasteiger partial charge in [-0.15, -0.1) is 0 Å². The number of nitrogens with zero attached hydrogens (tertiary/aromatic N) is 1. The molecule has 1 aliphatic rings. The molecule has 1 rings (SSSR count). The first-order chi connectivity index (χ1) is 7.99. The maximum Gasteiger partial charge on any atom is 0.415 e. The van der Waals surface area contributed by atoms with Crippen molar-refractivity contribution in [2.75, 3.05) is 0 Å². The van der Waals surface area contributed by atoms with Gasteiger partial charge in [0.05, 0.1) is 0 Å². The summed E-state index contributed by atoms with van der Waals surface area (Å²) in [6.45, 7) is 6.16. The van der Waals surface area contributed by atoms with Crippen LogP contribution in [0.4, 0.5) is 4.79 Å². The van der Waals surface area contributed by atoms with Gasteiger partial charge in [-0.2, -0.15) is 0 Å². The lowest BCUT2D eigenvalue weighted by Gasteiger charge is -2.32. The summed E-state index contributed by atoms with van der Waals surface area (Å²) in [7, 11) is 0. The fourth-order valence-electron chi connectivity index (χ4n) is 1.82. The minimum absolute atomic E-state index is 0.299. The predicted molar refractivity (Wildman–Crippen MR) is 59.7 cm³/mol. The van der Waals surface area contributed by atoms with Crippen LogP contribution in [0.25, 0.3) is 0 Å². The topological polar surface area (TPSA) is 104 Å². The van der Waals surface area contributed by atoms with E-state index in [0.717, 1.165) is 0 Å². The van der Waals surface area contributed by atoms with Gasteiger partial charge in [-0.05, 0) is 27.7 Å². The van der Waals surface area contributed by atoms with E-state index < -0.39 is 35.2 Å². The van der Waals surface area contributed by atoms with Crippen LogP contribution in [0.1, 0.15) is 34.1 Å². The highest BCUT2D eigenvalue weighted by atomic mass is 16.6. The monoisotopic (exact) mass is 259 g/mol. The second-order valence-corrected chi connectivity index (χ2v) is 5.45. The molecule has 0 spiro atoms. The van der Waals surface area contributed by atoms with Crippen molar-refractivity contribution in [1.29, 1.82) is 0 Å². The van der Waals surface area contributed by atoms with Crippen molar-refractivity contribution in [3.8, 4) is 0 Å². The minimum atomic E-state index is -1.68. The Morgan fingerprint density at radius 3 is 2.33 bits per heavy atom. The molecule has 18 heavy (non-hydrogen) atoms. The Bertz CT molecular complexity index is 399. The molecule has 1 fully saturated rings. The molecule has 0 saturated carbocycles. The number of hydrogen-bond donors (Lipinski definition) is 2. The summed E-state index contributed by atoms with van der Waals surface area (Å²) in [5, 5.41) is 18.4. The number of carboxylic acid groups (broad SMARTS) is 1. The Kier molecular flexibility index (Phi) is 3.40. The van der Waals surface area contributed by atoms with Crippen molar-refractivity contribution in [3.63, 3.8) is 0 Å². The van der Waals surface area contributed by atoms with E-state index in [9.17, 15) is 19.5 Å². The third-order valence-corrected chi connectivity index (χ3v) is 2.62. The van der Waals surface area contributed by atoms with Crippen LogP contribution in [0.3, 0.4) is 0 Å². The van der Waals surface area contributed by atoms with Crippen molar-refractivity contribution in [2.24, 2.45) is 0 Å². The van der Waals surface area contributed by atoms with Crippen LogP contribution in [0.2, 0.25) is 0 Å². The van der Waals surface area contributed by atoms with Crippen molar-refractivity contribution in [2.45, 2.75) is 51.4 Å². The molecule has 1 saturated heterocycles. The first kappa shape index (κ1) is 14.4. The van der Waals surface area contributed by atoms with Gasteiger partial charge in [0.2, 0.25) is 0 Å². The number of aliphatic hydroxyl groups excluding tert-OH is 1. The van der Waals surface area contributed by atoms with E-state index in [2.05, 4.69) is 0 Å². The van der Waals surface area contributed by atoms with E-state index in [0.29, 0.717) is 4.90 Å².